The Morgan fingerprint density at radius 3 is 3.08 bits per heavy atom. The molecule has 0 amide bonds. The van der Waals surface area contributed by atoms with Gasteiger partial charge in [0.2, 0.25) is 0 Å². The Labute approximate surface area is 77.0 Å². The van der Waals surface area contributed by atoms with Crippen molar-refractivity contribution in [2.45, 2.75) is 12.5 Å². The zero-order valence-electron chi connectivity index (χ0n) is 7.60. The van der Waals surface area contributed by atoms with E-state index in [0.29, 0.717) is 12.1 Å². The van der Waals surface area contributed by atoms with Crippen molar-refractivity contribution >= 4 is 5.78 Å². The van der Waals surface area contributed by atoms with Gasteiger partial charge in [0.1, 0.15) is 5.69 Å². The van der Waals surface area contributed by atoms with Crippen molar-refractivity contribution in [2.75, 3.05) is 0 Å². The van der Waals surface area contributed by atoms with Crippen molar-refractivity contribution < 1.29 is 4.79 Å². The average Bonchev–Trinajstić information content (AvgIpc) is 2.51. The fourth-order valence-electron chi connectivity index (χ4n) is 1.02. The fraction of sp³-hybridized carbons (Fsp3) is 0.333. The lowest BCUT2D eigenvalue weighted by Gasteiger charge is -2.04. The summed E-state index contributed by atoms with van der Waals surface area (Å²) in [5.41, 5.74) is 6.01. The quantitative estimate of drug-likeness (QED) is 0.541. The van der Waals surface area contributed by atoms with Gasteiger partial charge in [0, 0.05) is 13.2 Å². The Morgan fingerprint density at radius 1 is 1.92 bits per heavy atom. The summed E-state index contributed by atoms with van der Waals surface area (Å²) in [6, 6.07) is 1.14. The number of carbonyl (C=O) groups is 1. The van der Waals surface area contributed by atoms with E-state index in [1.807, 2.05) is 0 Å². The molecule has 0 aliphatic rings. The minimum Gasteiger partial charge on any atom is -0.321 e. The summed E-state index contributed by atoms with van der Waals surface area (Å²) in [6.07, 6.45) is 3.83. The third-order valence-electron chi connectivity index (χ3n) is 1.72. The van der Waals surface area contributed by atoms with E-state index in [1.54, 1.807) is 30.1 Å². The fourth-order valence-corrected chi connectivity index (χ4v) is 1.02. The second kappa shape index (κ2) is 4.00. The topological polar surface area (TPSA) is 60.9 Å². The molecule has 0 aromatic carbocycles. The summed E-state index contributed by atoms with van der Waals surface area (Å²) >= 11 is 0. The molecule has 1 rings (SSSR count). The Morgan fingerprint density at radius 2 is 2.62 bits per heavy atom. The van der Waals surface area contributed by atoms with Gasteiger partial charge in [0.25, 0.3) is 0 Å². The molecule has 0 saturated carbocycles. The van der Waals surface area contributed by atoms with Gasteiger partial charge in [0.05, 0.1) is 6.04 Å². The summed E-state index contributed by atoms with van der Waals surface area (Å²) in [4.78, 5) is 11.5. The van der Waals surface area contributed by atoms with Crippen LogP contribution < -0.4 is 5.73 Å². The Balaban J connectivity index is 2.73. The summed E-state index contributed by atoms with van der Waals surface area (Å²) in [5, 5.41) is 3.97. The van der Waals surface area contributed by atoms with Gasteiger partial charge in [-0.3, -0.25) is 9.48 Å². The Kier molecular flexibility index (Phi) is 2.97. The summed E-state index contributed by atoms with van der Waals surface area (Å²) in [7, 11) is 1.76. The number of hydrogen-bond acceptors (Lipinski definition) is 3. The van der Waals surface area contributed by atoms with Gasteiger partial charge < -0.3 is 5.73 Å². The predicted octanol–water partition coefficient (Wildman–Crippen LogP) is 0.506. The highest BCUT2D eigenvalue weighted by Gasteiger charge is 2.16. The molecular weight excluding hydrogens is 166 g/mol. The van der Waals surface area contributed by atoms with Crippen LogP contribution in [-0.2, 0) is 7.05 Å². The molecule has 0 bridgehead atoms. The van der Waals surface area contributed by atoms with Crippen molar-refractivity contribution in [3.05, 3.63) is 30.6 Å². The highest BCUT2D eigenvalue weighted by Crippen LogP contribution is 2.01. The third kappa shape index (κ3) is 2.26. The molecular formula is C9H13N3O. The molecule has 4 heteroatoms. The van der Waals surface area contributed by atoms with Gasteiger partial charge in [-0.2, -0.15) is 5.10 Å². The maximum atomic E-state index is 11.5. The second-order valence-corrected chi connectivity index (χ2v) is 2.87. The molecule has 0 spiro atoms. The molecule has 70 valence electrons. The normalized spacial score (nSPS) is 12.5. The zero-order chi connectivity index (χ0) is 9.84. The van der Waals surface area contributed by atoms with E-state index >= 15 is 0 Å². The van der Waals surface area contributed by atoms with Crippen LogP contribution in [0, 0.1) is 0 Å². The minimum atomic E-state index is -0.521. The van der Waals surface area contributed by atoms with E-state index in [9.17, 15) is 4.79 Å². The second-order valence-electron chi connectivity index (χ2n) is 2.87. The lowest BCUT2D eigenvalue weighted by atomic mass is 10.1. The largest absolute Gasteiger partial charge is 0.321 e. The van der Waals surface area contributed by atoms with Crippen LogP contribution in [-0.4, -0.2) is 21.6 Å². The van der Waals surface area contributed by atoms with Crippen LogP contribution in [0.25, 0.3) is 0 Å². The molecule has 0 aliphatic carbocycles. The smallest absolute Gasteiger partial charge is 0.199 e. The molecule has 1 aromatic heterocycles. The van der Waals surface area contributed by atoms with Crippen molar-refractivity contribution in [1.82, 2.24) is 9.78 Å². The van der Waals surface area contributed by atoms with Crippen LogP contribution >= 0.6 is 0 Å². The summed E-state index contributed by atoms with van der Waals surface area (Å²) < 4.78 is 1.58. The first-order valence-corrected chi connectivity index (χ1v) is 4.05. The molecule has 1 aromatic rings. The molecule has 2 N–H and O–H groups in total. The van der Waals surface area contributed by atoms with Crippen LogP contribution in [0.15, 0.2) is 24.9 Å². The van der Waals surface area contributed by atoms with E-state index in [0.717, 1.165) is 0 Å². The van der Waals surface area contributed by atoms with E-state index in [4.69, 9.17) is 5.73 Å². The van der Waals surface area contributed by atoms with Crippen molar-refractivity contribution in [2.24, 2.45) is 12.8 Å². The van der Waals surface area contributed by atoms with E-state index in [2.05, 4.69) is 11.7 Å². The lowest BCUT2D eigenvalue weighted by molar-refractivity contribution is 0.0956. The number of ketones is 1. The first-order chi connectivity index (χ1) is 6.15. The highest BCUT2D eigenvalue weighted by molar-refractivity contribution is 5.98. The minimum absolute atomic E-state index is 0.138. The van der Waals surface area contributed by atoms with Crippen LogP contribution in [0.2, 0.25) is 0 Å². The number of rotatable bonds is 4. The number of nitrogens with zero attached hydrogens (tertiary/aromatic N) is 2. The molecule has 0 aliphatic heterocycles. The third-order valence-corrected chi connectivity index (χ3v) is 1.72. The average molecular weight is 179 g/mol. The molecule has 4 nitrogen and oxygen atoms in total. The maximum absolute atomic E-state index is 11.5. The van der Waals surface area contributed by atoms with Crippen LogP contribution in [0.3, 0.4) is 0 Å². The van der Waals surface area contributed by atoms with E-state index < -0.39 is 6.04 Å². The van der Waals surface area contributed by atoms with Gasteiger partial charge in [-0.15, -0.1) is 6.58 Å². The van der Waals surface area contributed by atoms with Crippen LogP contribution in [0.1, 0.15) is 16.9 Å². The van der Waals surface area contributed by atoms with Gasteiger partial charge in [0.15, 0.2) is 5.78 Å². The van der Waals surface area contributed by atoms with Gasteiger partial charge in [-0.05, 0) is 12.5 Å². The molecule has 1 unspecified atom stereocenters. The standard InChI is InChI=1S/C9H13N3O/c1-3-4-7(10)9(13)8-5-6-12(2)11-8/h3,5-7H,1,4,10H2,2H3. The summed E-state index contributed by atoms with van der Waals surface area (Å²) in [5.74, 6) is -0.138. The SMILES string of the molecule is C=CCC(N)C(=O)c1ccn(C)n1. The molecule has 0 saturated heterocycles. The first-order valence-electron chi connectivity index (χ1n) is 4.05. The summed E-state index contributed by atoms with van der Waals surface area (Å²) in [6.45, 7) is 3.52. The zero-order valence-corrected chi connectivity index (χ0v) is 7.60. The molecule has 1 atom stereocenters. The van der Waals surface area contributed by atoms with E-state index in [-0.39, 0.29) is 5.78 Å². The Hall–Kier alpha value is -1.42. The highest BCUT2D eigenvalue weighted by atomic mass is 16.1. The van der Waals surface area contributed by atoms with Gasteiger partial charge in [-0.1, -0.05) is 6.08 Å². The maximum Gasteiger partial charge on any atom is 0.199 e. The van der Waals surface area contributed by atoms with E-state index in [1.165, 1.54) is 0 Å². The van der Waals surface area contributed by atoms with Gasteiger partial charge >= 0.3 is 0 Å². The van der Waals surface area contributed by atoms with Crippen molar-refractivity contribution in [3.8, 4) is 0 Å². The molecule has 13 heavy (non-hydrogen) atoms. The monoisotopic (exact) mass is 179 g/mol. The number of nitrogens with two attached hydrogens (primary N) is 1. The van der Waals surface area contributed by atoms with Crippen molar-refractivity contribution in [3.63, 3.8) is 0 Å². The predicted molar refractivity (Wildman–Crippen MR) is 50.3 cm³/mol. The molecule has 0 fully saturated rings. The first kappa shape index (κ1) is 9.67. The number of hydrogen-bond donors (Lipinski definition) is 1. The Bertz CT molecular complexity index is 316. The van der Waals surface area contributed by atoms with Crippen molar-refractivity contribution in [1.29, 1.82) is 0 Å². The number of aryl methyl sites for hydroxylation is 1. The van der Waals surface area contributed by atoms with Crippen LogP contribution in [0.5, 0.6) is 0 Å². The molecule has 0 radical (unpaired) electrons. The molecule has 1 heterocycles. The number of Topliss-reactive ketones (excluding diaryl/α,β-unsaturated/α-hetero) is 1. The number of aromatic nitrogens is 2. The lowest BCUT2D eigenvalue weighted by Crippen LogP contribution is -2.30. The van der Waals surface area contributed by atoms with Crippen LogP contribution in [0.4, 0.5) is 0 Å². The number of carbonyl (C=O) groups excluding carboxylic acids is 1. The van der Waals surface area contributed by atoms with Gasteiger partial charge in [-0.25, -0.2) is 0 Å².